The molecule has 0 unspecified atom stereocenters. The van der Waals surface area contributed by atoms with Gasteiger partial charge >= 0.3 is 0 Å². The Labute approximate surface area is 109 Å². The molecule has 3 nitrogen and oxygen atoms in total. The zero-order valence-corrected chi connectivity index (χ0v) is 10.4. The summed E-state index contributed by atoms with van der Waals surface area (Å²) >= 11 is 5.54. The maximum absolute atomic E-state index is 13.1. The summed E-state index contributed by atoms with van der Waals surface area (Å²) in [6.07, 6.45) is 1.77. The number of Topliss-reactive ketones (excluding diaryl/α,β-unsaturated/α-hetero) is 1. The molecule has 0 amide bonds. The van der Waals surface area contributed by atoms with E-state index in [9.17, 15) is 9.18 Å². The number of hydrogen-bond acceptors (Lipinski definition) is 2. The first kappa shape index (κ1) is 12.6. The van der Waals surface area contributed by atoms with Crippen molar-refractivity contribution in [3.05, 3.63) is 53.1 Å². The number of aryl methyl sites for hydroxylation is 1. The Kier molecular flexibility index (Phi) is 3.67. The smallest absolute Gasteiger partial charge is 0.216 e. The number of hydrogen-bond donors (Lipinski definition) is 0. The molecule has 2 aromatic rings. The van der Waals surface area contributed by atoms with Gasteiger partial charge in [0.2, 0.25) is 5.78 Å². The lowest BCUT2D eigenvalue weighted by Crippen LogP contribution is -2.14. The Balaban J connectivity index is 2.02. The van der Waals surface area contributed by atoms with Crippen molar-refractivity contribution in [3.8, 4) is 5.75 Å². The molecule has 0 aliphatic carbocycles. The Bertz CT molecular complexity index is 580. The van der Waals surface area contributed by atoms with Crippen LogP contribution in [0.25, 0.3) is 0 Å². The molecule has 0 bridgehead atoms. The van der Waals surface area contributed by atoms with Gasteiger partial charge in [-0.2, -0.15) is 0 Å². The van der Waals surface area contributed by atoms with E-state index in [1.165, 1.54) is 12.1 Å². The first-order valence-electron chi connectivity index (χ1n) is 5.30. The molecule has 94 valence electrons. The molecule has 0 spiro atoms. The number of benzene rings is 1. The second-order valence-electron chi connectivity index (χ2n) is 3.79. The summed E-state index contributed by atoms with van der Waals surface area (Å²) in [4.78, 5) is 11.8. The van der Waals surface area contributed by atoms with Gasteiger partial charge in [-0.25, -0.2) is 4.39 Å². The zero-order valence-electron chi connectivity index (χ0n) is 9.69. The number of carbonyl (C=O) groups excluding carboxylic acids is 1. The van der Waals surface area contributed by atoms with Crippen LogP contribution >= 0.6 is 11.6 Å². The summed E-state index contributed by atoms with van der Waals surface area (Å²) in [5.74, 6) is -0.460. The van der Waals surface area contributed by atoms with Crippen molar-refractivity contribution in [1.82, 2.24) is 4.57 Å². The first-order valence-corrected chi connectivity index (χ1v) is 5.68. The molecule has 0 saturated carbocycles. The van der Waals surface area contributed by atoms with Crippen LogP contribution in [0.15, 0.2) is 36.5 Å². The van der Waals surface area contributed by atoms with Crippen molar-refractivity contribution in [2.75, 3.05) is 6.61 Å². The van der Waals surface area contributed by atoms with E-state index in [4.69, 9.17) is 16.3 Å². The number of aromatic nitrogens is 1. The highest BCUT2D eigenvalue weighted by Gasteiger charge is 2.10. The highest BCUT2D eigenvalue weighted by atomic mass is 35.5. The summed E-state index contributed by atoms with van der Waals surface area (Å²) in [7, 11) is 1.77. The van der Waals surface area contributed by atoms with Gasteiger partial charge in [-0.3, -0.25) is 4.79 Å². The van der Waals surface area contributed by atoms with Crippen molar-refractivity contribution in [1.29, 1.82) is 0 Å². The number of nitrogens with zero attached hydrogens (tertiary/aromatic N) is 1. The van der Waals surface area contributed by atoms with Crippen LogP contribution in [0.1, 0.15) is 10.5 Å². The number of rotatable bonds is 4. The predicted octanol–water partition coefficient (Wildman–Crippen LogP) is 3.08. The largest absolute Gasteiger partial charge is 0.485 e. The Morgan fingerprint density at radius 1 is 1.44 bits per heavy atom. The third-order valence-electron chi connectivity index (χ3n) is 2.49. The van der Waals surface area contributed by atoms with Crippen molar-refractivity contribution in [2.45, 2.75) is 0 Å². The molecule has 1 aromatic heterocycles. The van der Waals surface area contributed by atoms with E-state index in [0.29, 0.717) is 5.69 Å². The third-order valence-corrected chi connectivity index (χ3v) is 2.80. The Morgan fingerprint density at radius 2 is 2.22 bits per heavy atom. The van der Waals surface area contributed by atoms with E-state index in [0.717, 1.165) is 6.07 Å². The highest BCUT2D eigenvalue weighted by molar-refractivity contribution is 6.30. The quantitative estimate of drug-likeness (QED) is 0.797. The van der Waals surface area contributed by atoms with Gasteiger partial charge in [-0.05, 0) is 24.3 Å². The molecule has 0 saturated heterocycles. The average molecular weight is 268 g/mol. The topological polar surface area (TPSA) is 31.2 Å². The maximum Gasteiger partial charge on any atom is 0.216 e. The van der Waals surface area contributed by atoms with E-state index in [1.54, 1.807) is 29.9 Å². The third kappa shape index (κ3) is 2.71. The van der Waals surface area contributed by atoms with Gasteiger partial charge in [0, 0.05) is 19.3 Å². The summed E-state index contributed by atoms with van der Waals surface area (Å²) in [5, 5.41) is 0.0242. The van der Waals surface area contributed by atoms with Gasteiger partial charge in [-0.15, -0.1) is 0 Å². The minimum atomic E-state index is -0.569. The lowest BCUT2D eigenvalue weighted by molar-refractivity contribution is 0.0913. The predicted molar refractivity (Wildman–Crippen MR) is 66.6 cm³/mol. The van der Waals surface area contributed by atoms with Crippen LogP contribution in [0.2, 0.25) is 5.02 Å². The molecular weight excluding hydrogens is 257 g/mol. The molecule has 0 aliphatic heterocycles. The van der Waals surface area contributed by atoms with Crippen LogP contribution in [0.5, 0.6) is 5.75 Å². The fourth-order valence-electron chi connectivity index (χ4n) is 1.54. The summed E-state index contributed by atoms with van der Waals surface area (Å²) in [6.45, 7) is -0.140. The highest BCUT2D eigenvalue weighted by Crippen LogP contribution is 2.20. The van der Waals surface area contributed by atoms with E-state index in [-0.39, 0.29) is 23.2 Å². The minimum Gasteiger partial charge on any atom is -0.485 e. The van der Waals surface area contributed by atoms with Crippen LogP contribution in [0.3, 0.4) is 0 Å². The number of halogens is 2. The van der Waals surface area contributed by atoms with Crippen LogP contribution in [-0.4, -0.2) is 17.0 Å². The van der Waals surface area contributed by atoms with Crippen molar-refractivity contribution in [3.63, 3.8) is 0 Å². The normalized spacial score (nSPS) is 10.4. The van der Waals surface area contributed by atoms with Crippen molar-refractivity contribution in [2.24, 2.45) is 7.05 Å². The molecule has 0 fully saturated rings. The van der Waals surface area contributed by atoms with Gasteiger partial charge in [-0.1, -0.05) is 11.6 Å². The van der Waals surface area contributed by atoms with E-state index in [1.807, 2.05) is 0 Å². The molecule has 18 heavy (non-hydrogen) atoms. The van der Waals surface area contributed by atoms with E-state index < -0.39 is 5.82 Å². The van der Waals surface area contributed by atoms with Gasteiger partial charge < -0.3 is 9.30 Å². The lowest BCUT2D eigenvalue weighted by atomic mass is 10.3. The van der Waals surface area contributed by atoms with Gasteiger partial charge in [0.1, 0.15) is 11.6 Å². The summed E-state index contributed by atoms with van der Waals surface area (Å²) in [5.41, 5.74) is 0.546. The molecule has 0 N–H and O–H groups in total. The van der Waals surface area contributed by atoms with Gasteiger partial charge in [0.15, 0.2) is 6.61 Å². The molecule has 1 heterocycles. The Morgan fingerprint density at radius 3 is 2.83 bits per heavy atom. The number of carbonyl (C=O) groups is 1. The van der Waals surface area contributed by atoms with Crippen molar-refractivity contribution >= 4 is 17.4 Å². The van der Waals surface area contributed by atoms with Crippen LogP contribution in [-0.2, 0) is 7.05 Å². The van der Waals surface area contributed by atoms with Crippen LogP contribution < -0.4 is 4.74 Å². The zero-order chi connectivity index (χ0) is 13.1. The van der Waals surface area contributed by atoms with Crippen LogP contribution in [0.4, 0.5) is 4.39 Å². The summed E-state index contributed by atoms with van der Waals surface area (Å²) < 4.78 is 20.1. The second kappa shape index (κ2) is 5.23. The first-order chi connectivity index (χ1) is 8.58. The van der Waals surface area contributed by atoms with Crippen LogP contribution in [0, 0.1) is 5.82 Å². The monoisotopic (exact) mass is 267 g/mol. The Hall–Kier alpha value is -1.81. The number of ketones is 1. The van der Waals surface area contributed by atoms with Gasteiger partial charge in [0.05, 0.1) is 10.7 Å². The lowest BCUT2D eigenvalue weighted by Gasteiger charge is -2.06. The van der Waals surface area contributed by atoms with Gasteiger partial charge in [0.25, 0.3) is 0 Å². The molecule has 2 rings (SSSR count). The molecule has 0 atom stereocenters. The van der Waals surface area contributed by atoms with E-state index >= 15 is 0 Å². The van der Waals surface area contributed by atoms with Crippen molar-refractivity contribution < 1.29 is 13.9 Å². The molecule has 5 heteroatoms. The molecule has 1 aromatic carbocycles. The molecule has 0 radical (unpaired) electrons. The minimum absolute atomic E-state index is 0.0242. The summed E-state index contributed by atoms with van der Waals surface area (Å²) in [6, 6.07) is 7.53. The SMILES string of the molecule is Cn1cccc1C(=O)COc1ccc(Cl)c(F)c1. The second-order valence-corrected chi connectivity index (χ2v) is 4.20. The number of ether oxygens (including phenoxy) is 1. The van der Waals surface area contributed by atoms with E-state index in [2.05, 4.69) is 0 Å². The standard InChI is InChI=1S/C13H11ClFNO2/c1-16-6-2-3-12(16)13(17)8-18-9-4-5-10(14)11(15)7-9/h2-7H,8H2,1H3. The fourth-order valence-corrected chi connectivity index (χ4v) is 1.66. The molecular formula is C13H11ClFNO2. The molecule has 0 aliphatic rings. The average Bonchev–Trinajstić information content (AvgIpc) is 2.77. The fraction of sp³-hybridized carbons (Fsp3) is 0.154. The maximum atomic E-state index is 13.1.